The molecule has 2 N–H and O–H groups in total. The molecule has 2 heterocycles. The third-order valence-electron chi connectivity index (χ3n) is 3.31. The number of carbonyl (C=O) groups is 1. The zero-order valence-corrected chi connectivity index (χ0v) is 13.5. The number of aromatic nitrogens is 4. The number of benzene rings is 1. The number of hydrogen-bond donors (Lipinski definition) is 2. The van der Waals surface area contributed by atoms with Gasteiger partial charge in [-0.15, -0.1) is 5.10 Å². The number of methoxy groups -OCH3 is 1. The van der Waals surface area contributed by atoms with Crippen molar-refractivity contribution < 1.29 is 13.9 Å². The van der Waals surface area contributed by atoms with Crippen LogP contribution in [0.3, 0.4) is 0 Å². The van der Waals surface area contributed by atoms with E-state index < -0.39 is 11.7 Å². The number of hydrazine groups is 1. The summed E-state index contributed by atoms with van der Waals surface area (Å²) in [4.78, 5) is 17.4. The summed E-state index contributed by atoms with van der Waals surface area (Å²) in [6, 6.07) is 10.4. The molecule has 0 aliphatic rings. The van der Waals surface area contributed by atoms with Crippen LogP contribution in [0.2, 0.25) is 0 Å². The van der Waals surface area contributed by atoms with Crippen LogP contribution in [0, 0.1) is 12.7 Å². The fraction of sp³-hybridized carbons (Fsp3) is 0.125. The lowest BCUT2D eigenvalue weighted by atomic mass is 10.3. The Labute approximate surface area is 142 Å². The second kappa shape index (κ2) is 6.95. The van der Waals surface area contributed by atoms with Crippen LogP contribution >= 0.6 is 0 Å². The van der Waals surface area contributed by atoms with Crippen molar-refractivity contribution in [3.63, 3.8) is 0 Å². The standard InChI is InChI=1S/C16H15FN6O2/c1-10-14(22-23(21-10)12-6-4-3-5-7-12)15(24)20-19-11-8-13(17)16(25-2)18-9-11/h3-9,19H,1-2H3,(H,20,24). The lowest BCUT2D eigenvalue weighted by molar-refractivity contribution is 0.0956. The van der Waals surface area contributed by atoms with Gasteiger partial charge in [-0.3, -0.25) is 15.6 Å². The minimum absolute atomic E-state index is 0.126. The second-order valence-electron chi connectivity index (χ2n) is 5.05. The number of pyridine rings is 1. The minimum atomic E-state index is -0.645. The molecule has 0 saturated heterocycles. The van der Waals surface area contributed by atoms with Gasteiger partial charge in [0.1, 0.15) is 0 Å². The molecule has 0 bridgehead atoms. The Balaban J connectivity index is 1.71. The SMILES string of the molecule is COc1ncc(NNC(=O)c2nn(-c3ccccc3)nc2C)cc1F. The largest absolute Gasteiger partial charge is 0.479 e. The van der Waals surface area contributed by atoms with Gasteiger partial charge < -0.3 is 4.74 Å². The highest BCUT2D eigenvalue weighted by atomic mass is 19.1. The monoisotopic (exact) mass is 342 g/mol. The Kier molecular flexibility index (Phi) is 4.55. The summed E-state index contributed by atoms with van der Waals surface area (Å²) in [6.07, 6.45) is 1.33. The summed E-state index contributed by atoms with van der Waals surface area (Å²) in [5.74, 6) is -1.28. The third-order valence-corrected chi connectivity index (χ3v) is 3.31. The summed E-state index contributed by atoms with van der Waals surface area (Å²) in [5, 5.41) is 8.40. The van der Waals surface area contributed by atoms with Crippen LogP contribution < -0.4 is 15.6 Å². The highest BCUT2D eigenvalue weighted by Crippen LogP contribution is 2.16. The number of aryl methyl sites for hydroxylation is 1. The average molecular weight is 342 g/mol. The molecule has 2 aromatic heterocycles. The van der Waals surface area contributed by atoms with Gasteiger partial charge in [-0.2, -0.15) is 9.90 Å². The second-order valence-corrected chi connectivity index (χ2v) is 5.05. The van der Waals surface area contributed by atoms with E-state index in [9.17, 15) is 9.18 Å². The highest BCUT2D eigenvalue weighted by Gasteiger charge is 2.16. The number of halogens is 1. The maximum absolute atomic E-state index is 13.6. The smallest absolute Gasteiger partial charge is 0.292 e. The number of ether oxygens (including phenoxy) is 1. The van der Waals surface area contributed by atoms with Gasteiger partial charge in [0.05, 0.1) is 30.4 Å². The predicted molar refractivity (Wildman–Crippen MR) is 87.9 cm³/mol. The van der Waals surface area contributed by atoms with Gasteiger partial charge in [0.25, 0.3) is 5.91 Å². The fourth-order valence-corrected chi connectivity index (χ4v) is 2.10. The zero-order chi connectivity index (χ0) is 17.8. The van der Waals surface area contributed by atoms with E-state index in [0.29, 0.717) is 5.69 Å². The van der Waals surface area contributed by atoms with Crippen LogP contribution in [-0.4, -0.2) is 33.0 Å². The first-order valence-electron chi connectivity index (χ1n) is 7.33. The molecule has 0 fully saturated rings. The average Bonchev–Trinajstić information content (AvgIpc) is 3.02. The Morgan fingerprint density at radius 2 is 2.00 bits per heavy atom. The first kappa shape index (κ1) is 16.4. The lowest BCUT2D eigenvalue weighted by Crippen LogP contribution is -2.30. The molecular formula is C16H15FN6O2. The number of amides is 1. The molecule has 0 spiro atoms. The molecule has 1 amide bonds. The molecule has 8 nitrogen and oxygen atoms in total. The van der Waals surface area contributed by atoms with Gasteiger partial charge >= 0.3 is 0 Å². The van der Waals surface area contributed by atoms with Crippen LogP contribution in [-0.2, 0) is 0 Å². The van der Waals surface area contributed by atoms with E-state index >= 15 is 0 Å². The first-order chi connectivity index (χ1) is 12.1. The number of anilines is 1. The quantitative estimate of drug-likeness (QED) is 0.688. The Bertz CT molecular complexity index is 897. The van der Waals surface area contributed by atoms with Crippen molar-refractivity contribution in [1.29, 1.82) is 0 Å². The van der Waals surface area contributed by atoms with Crippen LogP contribution in [0.15, 0.2) is 42.6 Å². The number of rotatable bonds is 5. The van der Waals surface area contributed by atoms with Crippen LogP contribution in [0.5, 0.6) is 5.88 Å². The summed E-state index contributed by atoms with van der Waals surface area (Å²) < 4.78 is 18.3. The molecule has 3 aromatic rings. The van der Waals surface area contributed by atoms with Crippen molar-refractivity contribution in [2.75, 3.05) is 12.5 Å². The molecule has 0 radical (unpaired) electrons. The maximum Gasteiger partial charge on any atom is 0.292 e. The van der Waals surface area contributed by atoms with E-state index in [0.717, 1.165) is 11.8 Å². The van der Waals surface area contributed by atoms with E-state index in [2.05, 4.69) is 26.0 Å². The lowest BCUT2D eigenvalue weighted by Gasteiger charge is -2.08. The molecule has 0 atom stereocenters. The minimum Gasteiger partial charge on any atom is -0.479 e. The van der Waals surface area contributed by atoms with Crippen molar-refractivity contribution >= 4 is 11.6 Å². The van der Waals surface area contributed by atoms with Gasteiger partial charge in [-0.1, -0.05) is 18.2 Å². The number of hydrogen-bond acceptors (Lipinski definition) is 6. The van der Waals surface area contributed by atoms with Crippen LogP contribution in [0.1, 0.15) is 16.2 Å². The Hall–Kier alpha value is -3.49. The van der Waals surface area contributed by atoms with Gasteiger partial charge in [0, 0.05) is 6.07 Å². The van der Waals surface area contributed by atoms with Crippen LogP contribution in [0.25, 0.3) is 5.69 Å². The summed E-state index contributed by atoms with van der Waals surface area (Å²) in [5.41, 5.74) is 6.62. The molecule has 128 valence electrons. The molecule has 25 heavy (non-hydrogen) atoms. The number of nitrogens with one attached hydrogen (secondary N) is 2. The molecule has 0 aliphatic heterocycles. The van der Waals surface area contributed by atoms with Gasteiger partial charge in [0.15, 0.2) is 11.5 Å². The normalized spacial score (nSPS) is 10.4. The van der Waals surface area contributed by atoms with E-state index in [1.165, 1.54) is 18.1 Å². The summed E-state index contributed by atoms with van der Waals surface area (Å²) in [6.45, 7) is 1.68. The molecular weight excluding hydrogens is 327 g/mol. The summed E-state index contributed by atoms with van der Waals surface area (Å²) >= 11 is 0. The third kappa shape index (κ3) is 3.55. The van der Waals surface area contributed by atoms with Crippen molar-refractivity contribution in [2.24, 2.45) is 0 Å². The molecule has 1 aromatic carbocycles. The molecule has 3 rings (SSSR count). The van der Waals surface area contributed by atoms with Crippen molar-refractivity contribution in [2.45, 2.75) is 6.92 Å². The van der Waals surface area contributed by atoms with E-state index in [-0.39, 0.29) is 17.3 Å². The maximum atomic E-state index is 13.6. The number of carbonyl (C=O) groups excluding carboxylic acids is 1. The zero-order valence-electron chi connectivity index (χ0n) is 13.5. The van der Waals surface area contributed by atoms with E-state index in [4.69, 9.17) is 4.74 Å². The first-order valence-corrected chi connectivity index (χ1v) is 7.33. The fourth-order valence-electron chi connectivity index (χ4n) is 2.10. The predicted octanol–water partition coefficient (Wildman–Crippen LogP) is 1.88. The molecule has 0 aliphatic carbocycles. The molecule has 0 saturated carbocycles. The Morgan fingerprint density at radius 3 is 2.68 bits per heavy atom. The molecule has 9 heteroatoms. The number of nitrogens with zero attached hydrogens (tertiary/aromatic N) is 4. The van der Waals surface area contributed by atoms with Crippen molar-refractivity contribution in [3.8, 4) is 11.6 Å². The summed E-state index contributed by atoms with van der Waals surface area (Å²) in [7, 11) is 1.32. The molecule has 0 unspecified atom stereocenters. The van der Waals surface area contributed by atoms with Gasteiger partial charge in [-0.05, 0) is 19.1 Å². The van der Waals surface area contributed by atoms with Gasteiger partial charge in [-0.25, -0.2) is 9.37 Å². The van der Waals surface area contributed by atoms with Gasteiger partial charge in [0.2, 0.25) is 5.88 Å². The Morgan fingerprint density at radius 1 is 1.24 bits per heavy atom. The van der Waals surface area contributed by atoms with E-state index in [1.54, 1.807) is 6.92 Å². The van der Waals surface area contributed by atoms with Crippen LogP contribution in [0.4, 0.5) is 10.1 Å². The topological polar surface area (TPSA) is 94.0 Å². The van der Waals surface area contributed by atoms with Crippen molar-refractivity contribution in [1.82, 2.24) is 25.4 Å². The van der Waals surface area contributed by atoms with Crippen molar-refractivity contribution in [3.05, 3.63) is 59.8 Å². The number of para-hydroxylation sites is 1. The van der Waals surface area contributed by atoms with E-state index in [1.807, 2.05) is 30.3 Å². The highest BCUT2D eigenvalue weighted by molar-refractivity contribution is 5.93.